The molecule has 1 aromatic rings. The number of alkyl halides is 3. The van der Waals surface area contributed by atoms with Crippen LogP contribution in [0.3, 0.4) is 0 Å². The van der Waals surface area contributed by atoms with Gasteiger partial charge in [-0.15, -0.1) is 6.42 Å². The quantitative estimate of drug-likeness (QED) is 0.492. The van der Waals surface area contributed by atoms with Crippen LogP contribution in [-0.4, -0.2) is 11.0 Å². The summed E-state index contributed by atoms with van der Waals surface area (Å²) < 4.78 is 36.9. The van der Waals surface area contributed by atoms with Crippen LogP contribution in [0.5, 0.6) is 0 Å². The summed E-state index contributed by atoms with van der Waals surface area (Å²) in [6.07, 6.45) is 0.596. The summed E-state index contributed by atoms with van der Waals surface area (Å²) in [6.45, 7) is 1.24. The highest BCUT2D eigenvalue weighted by atomic mass is 19.4. The molecule has 0 heterocycles. The third kappa shape index (κ3) is 3.78. The van der Waals surface area contributed by atoms with Gasteiger partial charge < -0.3 is 10.4 Å². The molecule has 1 aromatic carbocycles. The van der Waals surface area contributed by atoms with Gasteiger partial charge in [-0.05, 0) is 31.2 Å². The molecule has 19 heavy (non-hydrogen) atoms. The van der Waals surface area contributed by atoms with Crippen molar-refractivity contribution in [3.05, 3.63) is 41.2 Å². The molecule has 0 bridgehead atoms. The van der Waals surface area contributed by atoms with E-state index in [2.05, 4.69) is 5.32 Å². The molecule has 0 spiro atoms. The van der Waals surface area contributed by atoms with Gasteiger partial charge in [-0.3, -0.25) is 4.79 Å². The molecule has 2 N–H and O–H groups in total. The van der Waals surface area contributed by atoms with E-state index in [1.54, 1.807) is 0 Å². The maximum atomic E-state index is 12.3. The molecule has 0 fully saturated rings. The van der Waals surface area contributed by atoms with Gasteiger partial charge >= 0.3 is 6.18 Å². The second-order valence-corrected chi connectivity index (χ2v) is 3.63. The van der Waals surface area contributed by atoms with Crippen molar-refractivity contribution in [3.8, 4) is 12.3 Å². The Bertz CT molecular complexity index is 547. The zero-order valence-corrected chi connectivity index (χ0v) is 9.88. The van der Waals surface area contributed by atoms with Gasteiger partial charge in [0.15, 0.2) is 0 Å². The lowest BCUT2D eigenvalue weighted by Crippen LogP contribution is -2.15. The monoisotopic (exact) mass is 269 g/mol. The lowest BCUT2D eigenvalue weighted by atomic mass is 10.2. The highest BCUT2D eigenvalue weighted by Crippen LogP contribution is 2.29. The van der Waals surface area contributed by atoms with Gasteiger partial charge in [0.25, 0.3) is 5.91 Å². The summed E-state index contributed by atoms with van der Waals surface area (Å²) in [5.74, 6) is 0.892. The van der Waals surface area contributed by atoms with E-state index in [1.807, 2.05) is 5.92 Å². The van der Waals surface area contributed by atoms with Crippen molar-refractivity contribution >= 4 is 11.6 Å². The van der Waals surface area contributed by atoms with E-state index in [9.17, 15) is 18.0 Å². The fourth-order valence-corrected chi connectivity index (χ4v) is 1.27. The Morgan fingerprint density at radius 3 is 2.21 bits per heavy atom. The van der Waals surface area contributed by atoms with E-state index < -0.39 is 17.6 Å². The van der Waals surface area contributed by atoms with Crippen molar-refractivity contribution in [1.82, 2.24) is 0 Å². The van der Waals surface area contributed by atoms with Gasteiger partial charge in [-0.25, -0.2) is 0 Å². The van der Waals surface area contributed by atoms with Crippen LogP contribution in [0.4, 0.5) is 18.9 Å². The minimum Gasteiger partial charge on any atom is -0.511 e. The van der Waals surface area contributed by atoms with Crippen LogP contribution >= 0.6 is 0 Å². The average Bonchev–Trinajstić information content (AvgIpc) is 2.28. The number of benzene rings is 1. The second-order valence-electron chi connectivity index (χ2n) is 3.63. The Kier molecular flexibility index (Phi) is 4.22. The van der Waals surface area contributed by atoms with Gasteiger partial charge in [0.2, 0.25) is 0 Å². The molecule has 1 amide bonds. The van der Waals surface area contributed by atoms with Crippen molar-refractivity contribution in [2.75, 3.05) is 5.32 Å². The standard InChI is InChI=1S/C13H10F3NO2/c1-3-11(8(2)18)12(19)17-10-6-4-9(5-7-10)13(14,15)16/h1,4-7,18H,2H3,(H,17,19)/b11-8-. The molecule has 3 nitrogen and oxygen atoms in total. The van der Waals surface area contributed by atoms with Crippen LogP contribution in [0.1, 0.15) is 12.5 Å². The van der Waals surface area contributed by atoms with E-state index in [4.69, 9.17) is 11.5 Å². The van der Waals surface area contributed by atoms with Crippen molar-refractivity contribution in [2.24, 2.45) is 0 Å². The van der Waals surface area contributed by atoms with E-state index in [1.165, 1.54) is 6.92 Å². The number of anilines is 1. The fourth-order valence-electron chi connectivity index (χ4n) is 1.27. The number of carbonyl (C=O) groups is 1. The fraction of sp³-hybridized carbons (Fsp3) is 0.154. The summed E-state index contributed by atoms with van der Waals surface area (Å²) >= 11 is 0. The van der Waals surface area contributed by atoms with Crippen molar-refractivity contribution in [2.45, 2.75) is 13.1 Å². The van der Waals surface area contributed by atoms with Gasteiger partial charge in [-0.1, -0.05) is 5.92 Å². The summed E-state index contributed by atoms with van der Waals surface area (Å²) in [6, 6.07) is 3.87. The number of aliphatic hydroxyl groups is 1. The van der Waals surface area contributed by atoms with Crippen molar-refractivity contribution in [1.29, 1.82) is 0 Å². The molecule has 0 radical (unpaired) electrons. The highest BCUT2D eigenvalue weighted by molar-refractivity contribution is 6.07. The number of nitrogens with one attached hydrogen (secondary N) is 1. The predicted octanol–water partition coefficient (Wildman–Crippen LogP) is 3.11. The van der Waals surface area contributed by atoms with Crippen LogP contribution in [0.2, 0.25) is 0 Å². The van der Waals surface area contributed by atoms with E-state index in [0.717, 1.165) is 24.3 Å². The smallest absolute Gasteiger partial charge is 0.416 e. The largest absolute Gasteiger partial charge is 0.511 e. The molecule has 0 saturated carbocycles. The zero-order chi connectivity index (χ0) is 14.6. The summed E-state index contributed by atoms with van der Waals surface area (Å²) in [4.78, 5) is 11.6. The maximum Gasteiger partial charge on any atom is 0.416 e. The summed E-state index contributed by atoms with van der Waals surface area (Å²) in [5, 5.41) is 11.4. The first-order valence-electron chi connectivity index (χ1n) is 5.10. The third-order valence-corrected chi connectivity index (χ3v) is 2.20. The predicted molar refractivity (Wildman–Crippen MR) is 64.2 cm³/mol. The normalized spacial score (nSPS) is 12.4. The molecule has 0 unspecified atom stereocenters. The summed E-state index contributed by atoms with van der Waals surface area (Å²) in [5.41, 5.74) is -0.955. The maximum absolute atomic E-state index is 12.3. The van der Waals surface area contributed by atoms with Gasteiger partial charge in [0, 0.05) is 5.69 Å². The lowest BCUT2D eigenvalue weighted by Gasteiger charge is -2.09. The average molecular weight is 269 g/mol. The van der Waals surface area contributed by atoms with Gasteiger partial charge in [-0.2, -0.15) is 13.2 Å². The van der Waals surface area contributed by atoms with Gasteiger partial charge in [0.1, 0.15) is 11.3 Å². The number of hydrogen-bond donors (Lipinski definition) is 2. The van der Waals surface area contributed by atoms with Gasteiger partial charge in [0.05, 0.1) is 5.56 Å². The molecule has 0 saturated heterocycles. The SMILES string of the molecule is C#C/C(C(=O)Nc1ccc(C(F)(F)F)cc1)=C(\C)O. The van der Waals surface area contributed by atoms with E-state index in [-0.39, 0.29) is 17.0 Å². The van der Waals surface area contributed by atoms with Crippen LogP contribution in [-0.2, 0) is 11.0 Å². The lowest BCUT2D eigenvalue weighted by molar-refractivity contribution is -0.137. The first-order valence-corrected chi connectivity index (χ1v) is 5.10. The van der Waals surface area contributed by atoms with Crippen LogP contribution < -0.4 is 5.32 Å². The van der Waals surface area contributed by atoms with Crippen LogP contribution in [0, 0.1) is 12.3 Å². The second kappa shape index (κ2) is 5.48. The van der Waals surface area contributed by atoms with Crippen molar-refractivity contribution < 1.29 is 23.1 Å². The van der Waals surface area contributed by atoms with Crippen LogP contribution in [0.25, 0.3) is 0 Å². The molecule has 0 aliphatic rings. The Morgan fingerprint density at radius 1 is 1.32 bits per heavy atom. The Hall–Kier alpha value is -2.42. The first kappa shape index (κ1) is 14.6. The molecule has 0 aliphatic heterocycles. The molecule has 100 valence electrons. The number of halogens is 3. The third-order valence-electron chi connectivity index (χ3n) is 2.20. The Morgan fingerprint density at radius 2 is 1.84 bits per heavy atom. The zero-order valence-electron chi connectivity index (χ0n) is 9.88. The number of amides is 1. The van der Waals surface area contributed by atoms with E-state index in [0.29, 0.717) is 0 Å². The number of aliphatic hydroxyl groups excluding tert-OH is 1. The topological polar surface area (TPSA) is 49.3 Å². The van der Waals surface area contributed by atoms with Crippen LogP contribution in [0.15, 0.2) is 35.6 Å². The minimum absolute atomic E-state index is 0.145. The Labute approximate surface area is 107 Å². The molecule has 0 aliphatic carbocycles. The molecule has 6 heteroatoms. The number of rotatable bonds is 2. The molecule has 1 rings (SSSR count). The number of carbonyl (C=O) groups excluding carboxylic acids is 1. The number of allylic oxidation sites excluding steroid dienone is 1. The molecule has 0 aromatic heterocycles. The highest BCUT2D eigenvalue weighted by Gasteiger charge is 2.30. The van der Waals surface area contributed by atoms with E-state index >= 15 is 0 Å². The molecule has 0 atom stereocenters. The van der Waals surface area contributed by atoms with Crippen molar-refractivity contribution in [3.63, 3.8) is 0 Å². The molecular weight excluding hydrogens is 259 g/mol. The number of hydrogen-bond acceptors (Lipinski definition) is 2. The first-order chi connectivity index (χ1) is 8.75. The summed E-state index contributed by atoms with van der Waals surface area (Å²) in [7, 11) is 0. The number of terminal acetylenes is 1. The Balaban J connectivity index is 2.89. The molecular formula is C13H10F3NO2. The minimum atomic E-state index is -4.44.